The lowest BCUT2D eigenvalue weighted by Gasteiger charge is -2.43. The van der Waals surface area contributed by atoms with Gasteiger partial charge in [-0.15, -0.1) is 0 Å². The SMILES string of the molecule is CC[C@]1([C@@H](NS(=O)(=O)c2ccc([N+](=O)[O-])cc2)c2ccccc2Br)OC(=O)C=C1[Si](C)(C)c1ccccc1. The topological polar surface area (TPSA) is 116 Å². The van der Waals surface area contributed by atoms with Crippen LogP contribution in [0, 0.1) is 10.1 Å². The van der Waals surface area contributed by atoms with Crippen molar-refractivity contribution in [3.05, 3.63) is 110 Å². The number of nitrogens with one attached hydrogen (secondary N) is 1. The Morgan fingerprint density at radius 3 is 2.21 bits per heavy atom. The van der Waals surface area contributed by atoms with Gasteiger partial charge in [0.05, 0.1) is 15.9 Å². The number of carbonyl (C=O) groups is 1. The van der Waals surface area contributed by atoms with Gasteiger partial charge in [-0.2, -0.15) is 4.72 Å². The molecule has 0 bridgehead atoms. The van der Waals surface area contributed by atoms with Crippen LogP contribution in [0.3, 0.4) is 0 Å². The molecule has 0 amide bonds. The van der Waals surface area contributed by atoms with Crippen molar-refractivity contribution in [3.8, 4) is 0 Å². The molecule has 3 aromatic carbocycles. The number of cyclic esters (lactones) is 1. The molecular weight excluding hydrogens is 588 g/mol. The lowest BCUT2D eigenvalue weighted by atomic mass is 9.86. The molecule has 4 rings (SSSR count). The van der Waals surface area contributed by atoms with E-state index in [1.807, 2.05) is 43.3 Å². The molecule has 0 saturated carbocycles. The summed E-state index contributed by atoms with van der Waals surface area (Å²) in [5.41, 5.74) is -0.930. The maximum absolute atomic E-state index is 13.7. The molecule has 0 saturated heterocycles. The molecule has 8 nitrogen and oxygen atoms in total. The third-order valence-corrected chi connectivity index (χ3v) is 12.9. The molecule has 0 unspecified atom stereocenters. The Labute approximate surface area is 231 Å². The van der Waals surface area contributed by atoms with Crippen LogP contribution < -0.4 is 9.91 Å². The van der Waals surface area contributed by atoms with E-state index < -0.39 is 40.6 Å². The minimum absolute atomic E-state index is 0.138. The highest BCUT2D eigenvalue weighted by atomic mass is 79.9. The lowest BCUT2D eigenvalue weighted by Crippen LogP contribution is -2.56. The first kappa shape index (κ1) is 27.9. The number of nitrogens with zero attached hydrogens (tertiary/aromatic N) is 1. The zero-order valence-corrected chi connectivity index (χ0v) is 24.5. The molecule has 1 N–H and O–H groups in total. The Morgan fingerprint density at radius 2 is 1.63 bits per heavy atom. The van der Waals surface area contributed by atoms with Gasteiger partial charge in [0, 0.05) is 22.7 Å². The molecule has 3 aromatic rings. The van der Waals surface area contributed by atoms with Crippen molar-refractivity contribution in [1.29, 1.82) is 0 Å². The van der Waals surface area contributed by atoms with Crippen LogP contribution in [-0.2, 0) is 19.6 Å². The monoisotopic (exact) mass is 614 g/mol. The summed E-state index contributed by atoms with van der Waals surface area (Å²) in [6, 6.07) is 20.7. The van der Waals surface area contributed by atoms with Crippen LogP contribution in [0.15, 0.2) is 99.5 Å². The number of hydrogen-bond acceptors (Lipinski definition) is 6. The second-order valence-electron chi connectivity index (χ2n) is 9.54. The summed E-state index contributed by atoms with van der Waals surface area (Å²) in [7, 11) is -6.74. The van der Waals surface area contributed by atoms with Gasteiger partial charge < -0.3 is 4.74 Å². The summed E-state index contributed by atoms with van der Waals surface area (Å²) in [5.74, 6) is -0.523. The first-order chi connectivity index (χ1) is 17.9. The summed E-state index contributed by atoms with van der Waals surface area (Å²) in [5, 5.41) is 12.9. The maximum atomic E-state index is 13.7. The van der Waals surface area contributed by atoms with E-state index in [9.17, 15) is 23.3 Å². The predicted molar refractivity (Wildman–Crippen MR) is 151 cm³/mol. The Kier molecular flexibility index (Phi) is 7.76. The zero-order valence-electron chi connectivity index (χ0n) is 21.1. The van der Waals surface area contributed by atoms with E-state index in [4.69, 9.17) is 4.74 Å². The molecule has 11 heteroatoms. The van der Waals surface area contributed by atoms with Crippen LogP contribution in [0.25, 0.3) is 0 Å². The third-order valence-electron chi connectivity index (χ3n) is 7.01. The van der Waals surface area contributed by atoms with Gasteiger partial charge in [-0.1, -0.05) is 89.7 Å². The number of sulfonamides is 1. The molecular formula is C27H27BrN2O6SSi. The Balaban J connectivity index is 1.89. The Hall–Kier alpha value is -3.12. The normalized spacial score (nSPS) is 18.5. The van der Waals surface area contributed by atoms with E-state index in [2.05, 4.69) is 33.7 Å². The number of esters is 1. The van der Waals surface area contributed by atoms with Crippen molar-refractivity contribution >= 4 is 50.9 Å². The van der Waals surface area contributed by atoms with Crippen molar-refractivity contribution in [1.82, 2.24) is 4.72 Å². The first-order valence-corrected chi connectivity index (χ1v) is 17.2. The molecule has 1 heterocycles. The smallest absolute Gasteiger partial charge is 0.331 e. The molecule has 38 heavy (non-hydrogen) atoms. The standard InChI is InChI=1S/C27H27BrN2O6SSi/c1-4-27(24(18-25(31)36-27)38(2,3)21-10-6-5-7-11-21)26(22-12-8-9-13-23(22)28)29-37(34,35)20-16-14-19(15-17-20)30(32)33/h5-18,26,29H,4H2,1-3H3/t26-,27-/m0/s1. The highest BCUT2D eigenvalue weighted by molar-refractivity contribution is 9.10. The Bertz CT molecular complexity index is 1510. The van der Waals surface area contributed by atoms with Gasteiger partial charge in [0.1, 0.15) is 8.07 Å². The van der Waals surface area contributed by atoms with Crippen LogP contribution in [0.1, 0.15) is 24.9 Å². The minimum atomic E-state index is -4.20. The molecule has 1 aliphatic rings. The molecule has 0 aromatic heterocycles. The zero-order chi connectivity index (χ0) is 27.7. The third kappa shape index (κ3) is 5.11. The second kappa shape index (κ2) is 10.6. The molecule has 2 atom stereocenters. The van der Waals surface area contributed by atoms with Gasteiger partial charge in [-0.05, 0) is 35.4 Å². The molecule has 0 fully saturated rings. The molecule has 0 radical (unpaired) electrons. The van der Waals surface area contributed by atoms with Gasteiger partial charge in [-0.3, -0.25) is 10.1 Å². The number of nitro benzene ring substituents is 1. The number of benzene rings is 3. The van der Waals surface area contributed by atoms with E-state index in [0.717, 1.165) is 22.5 Å². The number of ether oxygens (including phenoxy) is 1. The minimum Gasteiger partial charge on any atom is -0.450 e. The fraction of sp³-hybridized carbons (Fsp3) is 0.222. The molecule has 1 aliphatic heterocycles. The molecule has 0 aliphatic carbocycles. The van der Waals surface area contributed by atoms with Crippen molar-refractivity contribution in [2.75, 3.05) is 0 Å². The summed E-state index contributed by atoms with van der Waals surface area (Å²) < 4.78 is 36.9. The van der Waals surface area contributed by atoms with E-state index in [1.165, 1.54) is 18.2 Å². The van der Waals surface area contributed by atoms with E-state index in [0.29, 0.717) is 16.5 Å². The summed E-state index contributed by atoms with van der Waals surface area (Å²) in [4.78, 5) is 23.3. The summed E-state index contributed by atoms with van der Waals surface area (Å²) in [6.45, 7) is 6.09. The lowest BCUT2D eigenvalue weighted by molar-refractivity contribution is -0.384. The number of halogens is 1. The van der Waals surface area contributed by atoms with Gasteiger partial charge in [-0.25, -0.2) is 13.2 Å². The van der Waals surface area contributed by atoms with Crippen LogP contribution in [0.2, 0.25) is 13.1 Å². The van der Waals surface area contributed by atoms with Crippen LogP contribution in [0.4, 0.5) is 5.69 Å². The van der Waals surface area contributed by atoms with Gasteiger partial charge >= 0.3 is 5.97 Å². The maximum Gasteiger partial charge on any atom is 0.331 e. The number of nitro groups is 1. The molecule has 0 spiro atoms. The van der Waals surface area contributed by atoms with Gasteiger partial charge in [0.15, 0.2) is 5.60 Å². The van der Waals surface area contributed by atoms with Gasteiger partial charge in [0.25, 0.3) is 5.69 Å². The predicted octanol–water partition coefficient (Wildman–Crippen LogP) is 5.16. The number of carbonyl (C=O) groups excluding carboxylic acids is 1. The summed E-state index contributed by atoms with van der Waals surface area (Å²) >= 11 is 3.56. The van der Waals surface area contributed by atoms with Crippen LogP contribution in [-0.4, -0.2) is 33.0 Å². The first-order valence-electron chi connectivity index (χ1n) is 11.9. The highest BCUT2D eigenvalue weighted by Gasteiger charge is 2.55. The van der Waals surface area contributed by atoms with E-state index in [1.54, 1.807) is 18.2 Å². The highest BCUT2D eigenvalue weighted by Crippen LogP contribution is 2.47. The second-order valence-corrected chi connectivity index (χ2v) is 16.5. The fourth-order valence-corrected chi connectivity index (χ4v) is 10.0. The van der Waals surface area contributed by atoms with E-state index >= 15 is 0 Å². The molecule has 198 valence electrons. The Morgan fingerprint density at radius 1 is 1.03 bits per heavy atom. The number of non-ortho nitro benzene ring substituents is 1. The van der Waals surface area contributed by atoms with E-state index in [-0.39, 0.29) is 10.6 Å². The summed E-state index contributed by atoms with van der Waals surface area (Å²) in [6.07, 6.45) is 1.83. The van der Waals surface area contributed by atoms with Crippen molar-refractivity contribution in [2.45, 2.75) is 43.0 Å². The number of hydrogen-bond donors (Lipinski definition) is 1. The van der Waals surface area contributed by atoms with Crippen molar-refractivity contribution in [3.63, 3.8) is 0 Å². The average molecular weight is 616 g/mol. The van der Waals surface area contributed by atoms with Gasteiger partial charge in [0.2, 0.25) is 10.0 Å². The fourth-order valence-electron chi connectivity index (χ4n) is 4.99. The van der Waals surface area contributed by atoms with Crippen molar-refractivity contribution in [2.24, 2.45) is 0 Å². The largest absolute Gasteiger partial charge is 0.450 e. The van der Waals surface area contributed by atoms with Crippen LogP contribution in [0.5, 0.6) is 0 Å². The van der Waals surface area contributed by atoms with Crippen molar-refractivity contribution < 1.29 is 22.9 Å². The van der Waals surface area contributed by atoms with Crippen LogP contribution >= 0.6 is 15.9 Å². The number of rotatable bonds is 9. The quantitative estimate of drug-likeness (QED) is 0.154. The average Bonchev–Trinajstić information content (AvgIpc) is 3.26.